The van der Waals surface area contributed by atoms with E-state index in [1.807, 2.05) is 44.2 Å². The molecule has 1 N–H and O–H groups in total. The second-order valence-corrected chi connectivity index (χ2v) is 6.88. The Kier molecular flexibility index (Phi) is 7.05. The van der Waals surface area contributed by atoms with Crippen molar-refractivity contribution in [2.45, 2.75) is 32.9 Å². The average Bonchev–Trinajstić information content (AvgIpc) is 2.62. The van der Waals surface area contributed by atoms with Gasteiger partial charge in [0, 0.05) is 25.2 Å². The van der Waals surface area contributed by atoms with Crippen LogP contribution < -0.4 is 5.32 Å². The van der Waals surface area contributed by atoms with E-state index in [1.165, 1.54) is 18.0 Å². The van der Waals surface area contributed by atoms with Gasteiger partial charge in [-0.25, -0.2) is 8.78 Å². The van der Waals surface area contributed by atoms with Crippen LogP contribution in [0.25, 0.3) is 0 Å². The molecule has 1 atom stereocenters. The molecule has 2 rings (SSSR count). The average molecular weight is 374 g/mol. The SMILES string of the molecule is CC(C)[C@H](NC(=O)Cc1ccccc1)C(=O)N(C)Cc1ccc(F)cc1F. The van der Waals surface area contributed by atoms with Gasteiger partial charge >= 0.3 is 0 Å². The van der Waals surface area contributed by atoms with Gasteiger partial charge in [-0.1, -0.05) is 50.2 Å². The fourth-order valence-corrected chi connectivity index (χ4v) is 2.74. The molecule has 0 aromatic heterocycles. The molecule has 0 aliphatic carbocycles. The smallest absolute Gasteiger partial charge is 0.245 e. The zero-order chi connectivity index (χ0) is 20.0. The molecule has 0 aliphatic rings. The highest BCUT2D eigenvalue weighted by molar-refractivity contribution is 5.88. The van der Waals surface area contributed by atoms with Gasteiger partial charge in [0.15, 0.2) is 0 Å². The molecule has 0 saturated heterocycles. The van der Waals surface area contributed by atoms with E-state index in [1.54, 1.807) is 0 Å². The largest absolute Gasteiger partial charge is 0.344 e. The Balaban J connectivity index is 2.03. The first-order valence-corrected chi connectivity index (χ1v) is 8.80. The Labute approximate surface area is 158 Å². The van der Waals surface area contributed by atoms with Crippen LogP contribution in [-0.2, 0) is 22.6 Å². The van der Waals surface area contributed by atoms with E-state index in [0.29, 0.717) is 0 Å². The van der Waals surface area contributed by atoms with Crippen LogP contribution in [0.4, 0.5) is 8.78 Å². The lowest BCUT2D eigenvalue weighted by Gasteiger charge is -2.27. The molecule has 0 fully saturated rings. The van der Waals surface area contributed by atoms with Crippen molar-refractivity contribution >= 4 is 11.8 Å². The Hall–Kier alpha value is -2.76. The van der Waals surface area contributed by atoms with Crippen LogP contribution in [0.3, 0.4) is 0 Å². The molecule has 144 valence electrons. The molecule has 0 heterocycles. The molecule has 0 spiro atoms. The van der Waals surface area contributed by atoms with Crippen molar-refractivity contribution in [3.8, 4) is 0 Å². The predicted octanol–water partition coefficient (Wildman–Crippen LogP) is 3.31. The van der Waals surface area contributed by atoms with Crippen LogP contribution in [-0.4, -0.2) is 29.8 Å². The topological polar surface area (TPSA) is 49.4 Å². The van der Waals surface area contributed by atoms with Gasteiger partial charge in [0.2, 0.25) is 11.8 Å². The molecule has 0 radical (unpaired) electrons. The standard InChI is InChI=1S/C21H24F2N2O2/c1-14(2)20(24-19(26)11-15-7-5-4-6-8-15)21(27)25(3)13-16-9-10-17(22)12-18(16)23/h4-10,12,14,20H,11,13H2,1-3H3,(H,24,26)/t20-/m0/s1. The van der Waals surface area contributed by atoms with Crippen LogP contribution in [0.5, 0.6) is 0 Å². The molecule has 0 unspecified atom stereocenters. The van der Waals surface area contributed by atoms with Crippen LogP contribution in [0.2, 0.25) is 0 Å². The number of rotatable bonds is 7. The van der Waals surface area contributed by atoms with Crippen LogP contribution in [0.15, 0.2) is 48.5 Å². The molecule has 2 aromatic rings. The quantitative estimate of drug-likeness (QED) is 0.808. The van der Waals surface area contributed by atoms with Crippen molar-refractivity contribution in [3.05, 3.63) is 71.3 Å². The second kappa shape index (κ2) is 9.26. The fraction of sp³-hybridized carbons (Fsp3) is 0.333. The maximum Gasteiger partial charge on any atom is 0.245 e. The molecule has 27 heavy (non-hydrogen) atoms. The maximum atomic E-state index is 13.8. The summed E-state index contributed by atoms with van der Waals surface area (Å²) in [6, 6.07) is 11.8. The van der Waals surface area contributed by atoms with Gasteiger partial charge < -0.3 is 10.2 Å². The van der Waals surface area contributed by atoms with Crippen molar-refractivity contribution in [2.75, 3.05) is 7.05 Å². The fourth-order valence-electron chi connectivity index (χ4n) is 2.74. The van der Waals surface area contributed by atoms with Crippen LogP contribution >= 0.6 is 0 Å². The maximum absolute atomic E-state index is 13.8. The first-order valence-electron chi connectivity index (χ1n) is 8.80. The normalized spacial score (nSPS) is 11.9. The molecule has 4 nitrogen and oxygen atoms in total. The summed E-state index contributed by atoms with van der Waals surface area (Å²) in [4.78, 5) is 26.4. The summed E-state index contributed by atoms with van der Waals surface area (Å²) in [5.74, 6) is -2.09. The Morgan fingerprint density at radius 2 is 1.74 bits per heavy atom. The summed E-state index contributed by atoms with van der Waals surface area (Å²) in [5.41, 5.74) is 1.07. The highest BCUT2D eigenvalue weighted by atomic mass is 19.1. The highest BCUT2D eigenvalue weighted by Gasteiger charge is 2.27. The van der Waals surface area contributed by atoms with Gasteiger partial charge in [0.05, 0.1) is 6.42 Å². The van der Waals surface area contributed by atoms with Gasteiger partial charge in [-0.05, 0) is 17.5 Å². The van der Waals surface area contributed by atoms with E-state index in [4.69, 9.17) is 0 Å². The van der Waals surface area contributed by atoms with E-state index in [0.717, 1.165) is 17.7 Å². The van der Waals surface area contributed by atoms with E-state index in [-0.39, 0.29) is 36.3 Å². The summed E-state index contributed by atoms with van der Waals surface area (Å²) in [5, 5.41) is 2.77. The van der Waals surface area contributed by atoms with Crippen molar-refractivity contribution in [1.82, 2.24) is 10.2 Å². The van der Waals surface area contributed by atoms with Gasteiger partial charge in [0.1, 0.15) is 17.7 Å². The number of amides is 2. The Morgan fingerprint density at radius 3 is 2.33 bits per heavy atom. The summed E-state index contributed by atoms with van der Waals surface area (Å²) < 4.78 is 26.9. The van der Waals surface area contributed by atoms with E-state index in [2.05, 4.69) is 5.32 Å². The molecule has 0 bridgehead atoms. The molecular formula is C21H24F2N2O2. The lowest BCUT2D eigenvalue weighted by molar-refractivity contribution is -0.137. The number of halogens is 2. The summed E-state index contributed by atoms with van der Waals surface area (Å²) in [6.07, 6.45) is 0.174. The molecule has 6 heteroatoms. The zero-order valence-electron chi connectivity index (χ0n) is 15.7. The molecular weight excluding hydrogens is 350 g/mol. The highest BCUT2D eigenvalue weighted by Crippen LogP contribution is 2.14. The van der Waals surface area contributed by atoms with E-state index < -0.39 is 17.7 Å². The minimum atomic E-state index is -0.727. The number of likely N-dealkylation sites (N-methyl/N-ethyl adjacent to an activating group) is 1. The number of benzene rings is 2. The van der Waals surface area contributed by atoms with Crippen molar-refractivity contribution in [3.63, 3.8) is 0 Å². The molecule has 2 aromatic carbocycles. The number of hydrogen-bond donors (Lipinski definition) is 1. The lowest BCUT2D eigenvalue weighted by atomic mass is 10.0. The van der Waals surface area contributed by atoms with Crippen molar-refractivity contribution in [2.24, 2.45) is 5.92 Å². The summed E-state index contributed by atoms with van der Waals surface area (Å²) in [7, 11) is 1.53. The molecule has 2 amide bonds. The first-order chi connectivity index (χ1) is 12.8. The Morgan fingerprint density at radius 1 is 1.07 bits per heavy atom. The third kappa shape index (κ3) is 5.88. The van der Waals surface area contributed by atoms with Crippen molar-refractivity contribution in [1.29, 1.82) is 0 Å². The number of nitrogens with zero attached hydrogens (tertiary/aromatic N) is 1. The number of nitrogens with one attached hydrogen (secondary N) is 1. The summed E-state index contributed by atoms with van der Waals surface area (Å²) >= 11 is 0. The number of carbonyl (C=O) groups is 2. The van der Waals surface area contributed by atoms with E-state index in [9.17, 15) is 18.4 Å². The van der Waals surface area contributed by atoms with E-state index >= 15 is 0 Å². The minimum absolute atomic E-state index is 0.0112. The zero-order valence-corrected chi connectivity index (χ0v) is 15.7. The third-order valence-electron chi connectivity index (χ3n) is 4.26. The summed E-state index contributed by atoms with van der Waals surface area (Å²) in [6.45, 7) is 3.65. The predicted molar refractivity (Wildman–Crippen MR) is 99.7 cm³/mol. The lowest BCUT2D eigenvalue weighted by Crippen LogP contribution is -2.50. The number of hydrogen-bond acceptors (Lipinski definition) is 2. The van der Waals surface area contributed by atoms with Crippen LogP contribution in [0, 0.1) is 17.6 Å². The third-order valence-corrected chi connectivity index (χ3v) is 4.26. The van der Waals surface area contributed by atoms with Gasteiger partial charge in [0.25, 0.3) is 0 Å². The van der Waals surface area contributed by atoms with Gasteiger partial charge in [-0.15, -0.1) is 0 Å². The monoisotopic (exact) mass is 374 g/mol. The second-order valence-electron chi connectivity index (χ2n) is 6.88. The van der Waals surface area contributed by atoms with Crippen LogP contribution in [0.1, 0.15) is 25.0 Å². The van der Waals surface area contributed by atoms with Crippen molar-refractivity contribution < 1.29 is 18.4 Å². The molecule has 0 aliphatic heterocycles. The first kappa shape index (κ1) is 20.6. The Bertz CT molecular complexity index is 794. The van der Waals surface area contributed by atoms with Gasteiger partial charge in [-0.2, -0.15) is 0 Å². The van der Waals surface area contributed by atoms with Gasteiger partial charge in [-0.3, -0.25) is 9.59 Å². The minimum Gasteiger partial charge on any atom is -0.344 e. The molecule has 0 saturated carbocycles. The number of carbonyl (C=O) groups excluding carboxylic acids is 2.